The maximum Gasteiger partial charge on any atom is 0.349 e. The summed E-state index contributed by atoms with van der Waals surface area (Å²) in [5, 5.41) is 10.4. The van der Waals surface area contributed by atoms with Gasteiger partial charge in [0.25, 0.3) is 0 Å². The second-order valence-corrected chi connectivity index (χ2v) is 6.51. The highest BCUT2D eigenvalue weighted by Crippen LogP contribution is 2.32. The molecule has 130 valence electrons. The first kappa shape index (κ1) is 17.0. The zero-order valence-corrected chi connectivity index (χ0v) is 15.2. The lowest BCUT2D eigenvalue weighted by molar-refractivity contribution is 0.518. The van der Waals surface area contributed by atoms with Crippen LogP contribution in [-0.4, -0.2) is 16.2 Å². The summed E-state index contributed by atoms with van der Waals surface area (Å²) >= 11 is 1.34. The Balaban J connectivity index is 2.13. The lowest BCUT2D eigenvalue weighted by atomic mass is 10.1. The number of pyridine rings is 1. The van der Waals surface area contributed by atoms with Crippen LogP contribution in [0.5, 0.6) is 0 Å². The molecule has 27 heavy (non-hydrogen) atoms. The van der Waals surface area contributed by atoms with Gasteiger partial charge in [-0.05, 0) is 18.4 Å². The summed E-state index contributed by atoms with van der Waals surface area (Å²) in [4.78, 5) is 22.0. The van der Waals surface area contributed by atoms with E-state index in [0.29, 0.717) is 21.8 Å². The third kappa shape index (κ3) is 2.98. The molecular formula is C21H13N3O2S. The third-order valence-corrected chi connectivity index (χ3v) is 4.80. The molecule has 2 heterocycles. The van der Waals surface area contributed by atoms with Crippen LogP contribution in [0.25, 0.3) is 33.6 Å². The number of benzene rings is 2. The van der Waals surface area contributed by atoms with E-state index in [1.54, 1.807) is 12.1 Å². The summed E-state index contributed by atoms with van der Waals surface area (Å²) in [5.74, 6) is 0.182. The summed E-state index contributed by atoms with van der Waals surface area (Å²) in [6.45, 7) is 0. The van der Waals surface area contributed by atoms with Gasteiger partial charge < -0.3 is 4.42 Å². The molecule has 6 heteroatoms. The van der Waals surface area contributed by atoms with Gasteiger partial charge in [-0.1, -0.05) is 48.5 Å². The average Bonchev–Trinajstić information content (AvgIpc) is 2.73. The number of nitriles is 1. The number of hydrogen-bond donors (Lipinski definition) is 0. The van der Waals surface area contributed by atoms with Gasteiger partial charge in [0.2, 0.25) is 5.89 Å². The van der Waals surface area contributed by atoms with Crippen molar-refractivity contribution < 1.29 is 4.42 Å². The Labute approximate surface area is 159 Å². The monoisotopic (exact) mass is 371 g/mol. The molecule has 0 N–H and O–H groups in total. The average molecular weight is 371 g/mol. The minimum Gasteiger partial charge on any atom is -0.403 e. The number of nitrogens with zero attached hydrogens (tertiary/aromatic N) is 3. The van der Waals surface area contributed by atoms with E-state index in [2.05, 4.69) is 16.0 Å². The Kier molecular flexibility index (Phi) is 4.45. The fraction of sp³-hybridized carbons (Fsp3) is 0.0476. The van der Waals surface area contributed by atoms with Crippen LogP contribution in [0.3, 0.4) is 0 Å². The van der Waals surface area contributed by atoms with Crippen molar-refractivity contribution in [3.8, 4) is 28.8 Å². The van der Waals surface area contributed by atoms with Gasteiger partial charge in [-0.3, -0.25) is 0 Å². The van der Waals surface area contributed by atoms with Crippen molar-refractivity contribution in [1.29, 1.82) is 5.26 Å². The highest BCUT2D eigenvalue weighted by Gasteiger charge is 2.21. The van der Waals surface area contributed by atoms with E-state index < -0.39 is 5.63 Å². The maximum absolute atomic E-state index is 12.9. The first-order chi connectivity index (χ1) is 13.2. The summed E-state index contributed by atoms with van der Waals surface area (Å²) in [6, 6.07) is 20.6. The molecule has 0 saturated carbocycles. The zero-order valence-electron chi connectivity index (χ0n) is 14.3. The topological polar surface area (TPSA) is 79.8 Å². The number of aromatic nitrogens is 2. The molecule has 0 amide bonds. The zero-order chi connectivity index (χ0) is 18.8. The quantitative estimate of drug-likeness (QED) is 0.493. The fourth-order valence-electron chi connectivity index (χ4n) is 2.88. The molecule has 0 atom stereocenters. The Morgan fingerprint density at radius 1 is 0.963 bits per heavy atom. The standard InChI is InChI=1S/C21H13N3O2S/c1-27-20-15(12-22)18-16(17(24-20)13-8-4-2-5-9-13)21(25)26-19(23-18)14-10-6-3-7-11-14/h2-11H,1H3. The molecule has 2 aromatic heterocycles. The highest BCUT2D eigenvalue weighted by atomic mass is 32.2. The van der Waals surface area contributed by atoms with Gasteiger partial charge in [0.05, 0.1) is 5.69 Å². The van der Waals surface area contributed by atoms with E-state index in [1.807, 2.05) is 54.8 Å². The van der Waals surface area contributed by atoms with E-state index in [1.165, 1.54) is 11.8 Å². The van der Waals surface area contributed by atoms with Crippen LogP contribution in [0, 0.1) is 11.3 Å². The lowest BCUT2D eigenvalue weighted by Crippen LogP contribution is -2.08. The number of rotatable bonds is 3. The van der Waals surface area contributed by atoms with Crippen LogP contribution in [0.15, 0.2) is 74.9 Å². The van der Waals surface area contributed by atoms with Gasteiger partial charge >= 0.3 is 5.63 Å². The van der Waals surface area contributed by atoms with Crippen LogP contribution in [0.4, 0.5) is 0 Å². The summed E-state index contributed by atoms with van der Waals surface area (Å²) in [7, 11) is 0. The van der Waals surface area contributed by atoms with Crippen molar-refractivity contribution >= 4 is 22.7 Å². The van der Waals surface area contributed by atoms with Gasteiger partial charge in [0.15, 0.2) is 0 Å². The van der Waals surface area contributed by atoms with Crippen molar-refractivity contribution in [3.05, 3.63) is 76.6 Å². The first-order valence-corrected chi connectivity index (χ1v) is 9.39. The number of thioether (sulfide) groups is 1. The second kappa shape index (κ2) is 7.06. The Bertz CT molecular complexity index is 1230. The smallest absolute Gasteiger partial charge is 0.349 e. The van der Waals surface area contributed by atoms with Crippen LogP contribution in [-0.2, 0) is 0 Å². The Hall–Kier alpha value is -3.43. The molecule has 4 rings (SSSR count). The van der Waals surface area contributed by atoms with E-state index in [0.717, 1.165) is 5.56 Å². The molecule has 0 aliphatic heterocycles. The van der Waals surface area contributed by atoms with Crippen LogP contribution in [0.2, 0.25) is 0 Å². The van der Waals surface area contributed by atoms with E-state index in [9.17, 15) is 10.1 Å². The second-order valence-electron chi connectivity index (χ2n) is 5.72. The normalized spacial score (nSPS) is 10.7. The highest BCUT2D eigenvalue weighted by molar-refractivity contribution is 7.98. The molecule has 0 bridgehead atoms. The van der Waals surface area contributed by atoms with Crippen LogP contribution >= 0.6 is 11.8 Å². The summed E-state index contributed by atoms with van der Waals surface area (Å²) in [5.41, 5.74) is 1.94. The molecule has 0 spiro atoms. The molecule has 0 saturated heterocycles. The molecular weight excluding hydrogens is 358 g/mol. The maximum atomic E-state index is 12.9. The fourth-order valence-corrected chi connectivity index (χ4v) is 3.41. The van der Waals surface area contributed by atoms with Gasteiger partial charge in [0.1, 0.15) is 27.6 Å². The predicted octanol–water partition coefficient (Wildman–Crippen LogP) is 4.51. The summed E-state index contributed by atoms with van der Waals surface area (Å²) in [6.07, 6.45) is 1.84. The predicted molar refractivity (Wildman–Crippen MR) is 105 cm³/mol. The van der Waals surface area contributed by atoms with E-state index in [4.69, 9.17) is 4.42 Å². The van der Waals surface area contributed by atoms with Gasteiger partial charge in [-0.25, -0.2) is 14.8 Å². The van der Waals surface area contributed by atoms with Crippen LogP contribution < -0.4 is 5.63 Å². The Morgan fingerprint density at radius 3 is 2.19 bits per heavy atom. The lowest BCUT2D eigenvalue weighted by Gasteiger charge is -2.10. The van der Waals surface area contributed by atoms with Crippen molar-refractivity contribution in [2.45, 2.75) is 5.03 Å². The molecule has 2 aromatic carbocycles. The third-order valence-electron chi connectivity index (χ3n) is 4.12. The number of hydrogen-bond acceptors (Lipinski definition) is 6. The first-order valence-electron chi connectivity index (χ1n) is 8.16. The van der Waals surface area contributed by atoms with Gasteiger partial charge in [0, 0.05) is 11.1 Å². The van der Waals surface area contributed by atoms with Gasteiger partial charge in [-0.2, -0.15) is 5.26 Å². The van der Waals surface area contributed by atoms with Crippen molar-refractivity contribution in [3.63, 3.8) is 0 Å². The van der Waals surface area contributed by atoms with Crippen LogP contribution in [0.1, 0.15) is 5.56 Å². The molecule has 5 nitrogen and oxygen atoms in total. The number of fused-ring (bicyclic) bond motifs is 1. The van der Waals surface area contributed by atoms with E-state index >= 15 is 0 Å². The van der Waals surface area contributed by atoms with Crippen molar-refractivity contribution in [2.24, 2.45) is 0 Å². The molecule has 4 aromatic rings. The van der Waals surface area contributed by atoms with Crippen molar-refractivity contribution in [1.82, 2.24) is 9.97 Å². The molecule has 0 aliphatic rings. The Morgan fingerprint density at radius 2 is 1.59 bits per heavy atom. The molecule has 0 radical (unpaired) electrons. The summed E-state index contributed by atoms with van der Waals surface area (Å²) < 4.78 is 5.49. The van der Waals surface area contributed by atoms with E-state index in [-0.39, 0.29) is 16.8 Å². The minimum absolute atomic E-state index is 0.182. The van der Waals surface area contributed by atoms with Gasteiger partial charge in [-0.15, -0.1) is 11.8 Å². The molecule has 0 unspecified atom stereocenters. The molecule has 0 aliphatic carbocycles. The van der Waals surface area contributed by atoms with Crippen molar-refractivity contribution in [2.75, 3.05) is 6.26 Å². The SMILES string of the molecule is CSc1nc(-c2ccccc2)c2c(=O)oc(-c3ccccc3)nc2c1C#N. The largest absolute Gasteiger partial charge is 0.403 e. The molecule has 0 fully saturated rings. The minimum atomic E-state index is -0.561.